The third-order valence-corrected chi connectivity index (χ3v) is 5.78. The number of nitrogens with one attached hydrogen (secondary N) is 2. The minimum atomic E-state index is -0.134. The van der Waals surface area contributed by atoms with Crippen LogP contribution in [0.2, 0.25) is 0 Å². The van der Waals surface area contributed by atoms with Crippen molar-refractivity contribution in [3.8, 4) is 5.69 Å². The molecule has 0 saturated carbocycles. The van der Waals surface area contributed by atoms with Gasteiger partial charge in [-0.15, -0.1) is 0 Å². The Labute approximate surface area is 177 Å². The van der Waals surface area contributed by atoms with Crippen LogP contribution in [-0.4, -0.2) is 34.5 Å². The van der Waals surface area contributed by atoms with Crippen molar-refractivity contribution >= 4 is 11.0 Å². The number of hydrogen-bond acceptors (Lipinski definition) is 4. The topological polar surface area (TPSA) is 71.9 Å². The predicted octanol–water partition coefficient (Wildman–Crippen LogP) is 3.92. The Morgan fingerprint density at radius 1 is 1.27 bits per heavy atom. The van der Waals surface area contributed by atoms with Crippen molar-refractivity contribution in [3.63, 3.8) is 0 Å². The van der Waals surface area contributed by atoms with Crippen LogP contribution in [0.4, 0.5) is 0 Å². The second-order valence-electron chi connectivity index (χ2n) is 9.28. The van der Waals surface area contributed by atoms with Crippen molar-refractivity contribution in [2.45, 2.75) is 52.0 Å². The highest BCUT2D eigenvalue weighted by Crippen LogP contribution is 2.29. The fourth-order valence-electron chi connectivity index (χ4n) is 4.11. The summed E-state index contributed by atoms with van der Waals surface area (Å²) in [4.78, 5) is 15.9. The number of para-hydroxylation sites is 1. The Morgan fingerprint density at radius 3 is 2.77 bits per heavy atom. The zero-order valence-electron chi connectivity index (χ0n) is 18.2. The van der Waals surface area contributed by atoms with E-state index in [1.807, 2.05) is 41.1 Å². The zero-order valence-corrected chi connectivity index (χ0v) is 18.2. The summed E-state index contributed by atoms with van der Waals surface area (Å²) in [5, 5.41) is 9.33. The Bertz CT molecular complexity index is 1040. The Balaban J connectivity index is 1.56. The van der Waals surface area contributed by atoms with Crippen LogP contribution in [0.1, 0.15) is 51.3 Å². The second-order valence-corrected chi connectivity index (χ2v) is 9.28. The molecule has 1 aromatic carbocycles. The maximum Gasteiger partial charge on any atom is 0.254 e. The van der Waals surface area contributed by atoms with E-state index >= 15 is 0 Å². The normalized spacial score (nSPS) is 17.1. The van der Waals surface area contributed by atoms with Gasteiger partial charge in [0.2, 0.25) is 0 Å². The molecule has 2 N–H and O–H groups in total. The van der Waals surface area contributed by atoms with E-state index in [4.69, 9.17) is 9.84 Å². The van der Waals surface area contributed by atoms with Crippen LogP contribution >= 0.6 is 0 Å². The van der Waals surface area contributed by atoms with Crippen LogP contribution in [0.15, 0.2) is 41.2 Å². The number of nitrogens with zero attached hydrogens (tertiary/aromatic N) is 2. The van der Waals surface area contributed by atoms with E-state index in [-0.39, 0.29) is 11.0 Å². The third-order valence-electron chi connectivity index (χ3n) is 5.78. The van der Waals surface area contributed by atoms with E-state index in [0.717, 1.165) is 54.2 Å². The molecule has 1 saturated heterocycles. The fraction of sp³-hybridized carbons (Fsp3) is 0.500. The maximum atomic E-state index is 12.8. The molecule has 1 atom stereocenters. The van der Waals surface area contributed by atoms with Gasteiger partial charge in [-0.3, -0.25) is 4.79 Å². The average molecular weight is 409 g/mol. The van der Waals surface area contributed by atoms with Crippen LogP contribution in [0.5, 0.6) is 0 Å². The van der Waals surface area contributed by atoms with E-state index in [2.05, 4.69) is 31.1 Å². The van der Waals surface area contributed by atoms with E-state index < -0.39 is 0 Å². The van der Waals surface area contributed by atoms with Gasteiger partial charge in [0.15, 0.2) is 0 Å². The molecule has 6 heteroatoms. The van der Waals surface area contributed by atoms with Crippen LogP contribution in [0, 0.1) is 5.92 Å². The van der Waals surface area contributed by atoms with Gasteiger partial charge in [-0.2, -0.15) is 5.10 Å². The van der Waals surface area contributed by atoms with Crippen molar-refractivity contribution in [1.29, 1.82) is 0 Å². The first-order valence-corrected chi connectivity index (χ1v) is 10.9. The number of benzene rings is 1. The zero-order chi connectivity index (χ0) is 21.1. The first-order valence-electron chi connectivity index (χ1n) is 10.9. The molecule has 6 nitrogen and oxygen atoms in total. The molecular weight excluding hydrogens is 376 g/mol. The summed E-state index contributed by atoms with van der Waals surface area (Å²) in [7, 11) is 0. The number of fused-ring (bicyclic) bond motifs is 1. The van der Waals surface area contributed by atoms with Crippen LogP contribution in [0.3, 0.4) is 0 Å². The lowest BCUT2D eigenvalue weighted by Gasteiger charge is -2.15. The third kappa shape index (κ3) is 4.50. The number of hydrogen-bond donors (Lipinski definition) is 2. The molecule has 30 heavy (non-hydrogen) atoms. The summed E-state index contributed by atoms with van der Waals surface area (Å²) in [5.41, 5.74) is 3.24. The summed E-state index contributed by atoms with van der Waals surface area (Å²) >= 11 is 0. The summed E-state index contributed by atoms with van der Waals surface area (Å²) in [6.07, 6.45) is 3.46. The van der Waals surface area contributed by atoms with E-state index in [1.165, 1.54) is 12.8 Å². The number of aromatic amines is 1. The van der Waals surface area contributed by atoms with Gasteiger partial charge >= 0.3 is 0 Å². The molecule has 1 aliphatic rings. The largest absolute Gasteiger partial charge is 0.381 e. The molecule has 0 bridgehead atoms. The molecular formula is C24H32N4O2. The Hall–Kier alpha value is -2.44. The summed E-state index contributed by atoms with van der Waals surface area (Å²) in [6, 6.07) is 12.0. The molecule has 0 spiro atoms. The predicted molar refractivity (Wildman–Crippen MR) is 120 cm³/mol. The van der Waals surface area contributed by atoms with Gasteiger partial charge in [0.25, 0.3) is 5.56 Å². The number of aromatic nitrogens is 3. The molecule has 1 aliphatic heterocycles. The minimum Gasteiger partial charge on any atom is -0.381 e. The number of H-pyrrole nitrogens is 1. The van der Waals surface area contributed by atoms with E-state index in [0.29, 0.717) is 12.5 Å². The van der Waals surface area contributed by atoms with Crippen molar-refractivity contribution in [2.24, 2.45) is 5.92 Å². The fourth-order valence-corrected chi connectivity index (χ4v) is 4.11. The first kappa shape index (κ1) is 20.8. The number of ether oxygens (including phenoxy) is 1. The van der Waals surface area contributed by atoms with E-state index in [1.54, 1.807) is 0 Å². The number of pyridine rings is 1. The molecule has 3 heterocycles. The molecule has 3 aromatic rings. The van der Waals surface area contributed by atoms with Crippen LogP contribution < -0.4 is 10.9 Å². The molecule has 0 aliphatic carbocycles. The van der Waals surface area contributed by atoms with Gasteiger partial charge in [-0.05, 0) is 49.9 Å². The molecule has 0 unspecified atom stereocenters. The Kier molecular flexibility index (Phi) is 6.06. The van der Waals surface area contributed by atoms with E-state index in [9.17, 15) is 4.79 Å². The Morgan fingerprint density at radius 2 is 2.07 bits per heavy atom. The molecule has 2 aromatic heterocycles. The van der Waals surface area contributed by atoms with Crippen molar-refractivity contribution in [1.82, 2.24) is 20.1 Å². The highest BCUT2D eigenvalue weighted by molar-refractivity contribution is 5.81. The maximum absolute atomic E-state index is 12.8. The highest BCUT2D eigenvalue weighted by Gasteiger charge is 2.24. The minimum absolute atomic E-state index is 0.0586. The summed E-state index contributed by atoms with van der Waals surface area (Å²) in [6.45, 7) is 9.73. The van der Waals surface area contributed by atoms with Crippen LogP contribution in [-0.2, 0) is 16.7 Å². The molecule has 0 amide bonds. The van der Waals surface area contributed by atoms with Gasteiger partial charge in [0.1, 0.15) is 5.65 Å². The highest BCUT2D eigenvalue weighted by atomic mass is 16.5. The van der Waals surface area contributed by atoms with Crippen molar-refractivity contribution in [2.75, 3.05) is 19.8 Å². The smallest absolute Gasteiger partial charge is 0.254 e. The monoisotopic (exact) mass is 408 g/mol. The van der Waals surface area contributed by atoms with Gasteiger partial charge in [-0.1, -0.05) is 39.0 Å². The summed E-state index contributed by atoms with van der Waals surface area (Å²) in [5.74, 6) is 0.699. The van der Waals surface area contributed by atoms with Gasteiger partial charge in [-0.25, -0.2) is 4.68 Å². The number of rotatable bonds is 7. The van der Waals surface area contributed by atoms with Crippen molar-refractivity contribution in [3.05, 3.63) is 58.0 Å². The van der Waals surface area contributed by atoms with Gasteiger partial charge in [0, 0.05) is 36.1 Å². The summed E-state index contributed by atoms with van der Waals surface area (Å²) < 4.78 is 7.28. The lowest BCUT2D eigenvalue weighted by molar-refractivity contribution is 0.184. The average Bonchev–Trinajstić information content (AvgIpc) is 3.36. The van der Waals surface area contributed by atoms with Gasteiger partial charge in [0.05, 0.1) is 11.4 Å². The second kappa shape index (κ2) is 8.74. The first-order chi connectivity index (χ1) is 14.4. The molecule has 0 radical (unpaired) electrons. The lowest BCUT2D eigenvalue weighted by atomic mass is 9.90. The quantitative estimate of drug-likeness (QED) is 0.581. The SMILES string of the molecule is CC(C)(C)c1nn(-c2ccccc2)c2[nH]c(=O)c(CNCCC[C@@H]3CCOC3)cc12. The van der Waals surface area contributed by atoms with Gasteiger partial charge < -0.3 is 15.0 Å². The molecule has 1 fully saturated rings. The lowest BCUT2D eigenvalue weighted by Crippen LogP contribution is -2.22. The molecule has 160 valence electrons. The molecule has 4 rings (SSSR count). The van der Waals surface area contributed by atoms with Crippen LogP contribution in [0.25, 0.3) is 16.7 Å². The van der Waals surface area contributed by atoms with Crippen molar-refractivity contribution < 1.29 is 4.74 Å². The standard InChI is InChI=1S/C24H32N4O2/c1-24(2,3)21-20-14-18(15-25-12-7-8-17-11-13-30-16-17)23(29)26-22(20)28(27-21)19-9-5-4-6-10-19/h4-6,9-10,14,17,25H,7-8,11-13,15-16H2,1-3H3,(H,26,29)/t17-/m1/s1.